The molecule has 10 aromatic carbocycles. The molecule has 0 unspecified atom stereocenters. The summed E-state index contributed by atoms with van der Waals surface area (Å²) in [4.78, 5) is 0. The number of fused-ring (bicyclic) bond motifs is 1. The lowest BCUT2D eigenvalue weighted by Gasteiger charge is -2.21. The summed E-state index contributed by atoms with van der Waals surface area (Å²) in [5.41, 5.74) is 4.96. The van der Waals surface area contributed by atoms with Crippen LogP contribution in [0.4, 0.5) is 0 Å². The van der Waals surface area contributed by atoms with E-state index in [4.69, 9.17) is 4.74 Å². The van der Waals surface area contributed by atoms with Crippen molar-refractivity contribution in [2.24, 2.45) is 0 Å². The van der Waals surface area contributed by atoms with E-state index in [9.17, 15) is 0 Å². The number of hydrogen-bond acceptors (Lipinski definition) is 1. The van der Waals surface area contributed by atoms with Gasteiger partial charge in [-0.25, -0.2) is 0 Å². The molecule has 0 aliphatic carbocycles. The second kappa shape index (κ2) is 8.37. The zero-order valence-electron chi connectivity index (χ0n) is 24.3. The van der Waals surface area contributed by atoms with E-state index in [0.29, 0.717) is 0 Å². The van der Waals surface area contributed by atoms with Gasteiger partial charge < -0.3 is 4.74 Å². The van der Waals surface area contributed by atoms with Gasteiger partial charge in [0.15, 0.2) is 0 Å². The van der Waals surface area contributed by atoms with Crippen LogP contribution < -0.4 is 4.74 Å². The van der Waals surface area contributed by atoms with E-state index in [2.05, 4.69) is 146 Å². The molecule has 1 heterocycles. The highest BCUT2D eigenvalue weighted by Crippen LogP contribution is 2.49. The summed E-state index contributed by atoms with van der Waals surface area (Å²) in [5.74, 6) is 1.87. The Kier molecular flexibility index (Phi) is 4.38. The van der Waals surface area contributed by atoms with Crippen molar-refractivity contribution < 1.29 is 4.74 Å². The zero-order chi connectivity index (χ0) is 29.2. The number of hydrogen-bond donors (Lipinski definition) is 0. The Balaban J connectivity index is 1.13. The number of ether oxygens (including phenoxy) is 1. The Hall–Kier alpha value is -5.92. The minimum absolute atomic E-state index is 0.933. The summed E-state index contributed by atoms with van der Waals surface area (Å²) >= 11 is 0. The van der Waals surface area contributed by atoms with Gasteiger partial charge >= 0.3 is 0 Å². The normalized spacial score (nSPS) is 12.6. The molecule has 10 aromatic rings. The van der Waals surface area contributed by atoms with Crippen LogP contribution in [-0.2, 0) is 0 Å². The quantitative estimate of drug-likeness (QED) is 0.189. The molecule has 11 rings (SSSR count). The summed E-state index contributed by atoms with van der Waals surface area (Å²) in [6.07, 6.45) is 0. The van der Waals surface area contributed by atoms with Crippen molar-refractivity contribution in [2.45, 2.75) is 0 Å². The molecule has 45 heavy (non-hydrogen) atoms. The fourth-order valence-electron chi connectivity index (χ4n) is 8.08. The van der Waals surface area contributed by atoms with Gasteiger partial charge in [-0.2, -0.15) is 0 Å². The van der Waals surface area contributed by atoms with Gasteiger partial charge in [-0.3, -0.25) is 0 Å². The second-order valence-electron chi connectivity index (χ2n) is 12.5. The van der Waals surface area contributed by atoms with E-state index in [1.54, 1.807) is 0 Å². The fourth-order valence-corrected chi connectivity index (χ4v) is 8.08. The monoisotopic (exact) mass is 568 g/mol. The topological polar surface area (TPSA) is 9.23 Å². The van der Waals surface area contributed by atoms with Crippen molar-refractivity contribution in [3.63, 3.8) is 0 Å². The number of benzene rings is 10. The first-order chi connectivity index (χ1) is 22.3. The van der Waals surface area contributed by atoms with E-state index < -0.39 is 0 Å². The summed E-state index contributed by atoms with van der Waals surface area (Å²) in [5, 5.41) is 17.8. The lowest BCUT2D eigenvalue weighted by atomic mass is 9.88. The molecule has 1 heteroatoms. The Morgan fingerprint density at radius 1 is 0.289 bits per heavy atom. The molecule has 0 saturated carbocycles. The molecule has 1 aliphatic rings. The Labute approximate surface area is 258 Å². The maximum absolute atomic E-state index is 6.49. The van der Waals surface area contributed by atoms with Crippen LogP contribution in [-0.4, -0.2) is 0 Å². The van der Waals surface area contributed by atoms with Crippen molar-refractivity contribution >= 4 is 75.4 Å². The molecule has 1 nitrogen and oxygen atoms in total. The van der Waals surface area contributed by atoms with Gasteiger partial charge in [-0.05, 0) is 106 Å². The molecule has 0 N–H and O–H groups in total. The lowest BCUT2D eigenvalue weighted by molar-refractivity contribution is 0.493. The predicted molar refractivity (Wildman–Crippen MR) is 191 cm³/mol. The first-order valence-corrected chi connectivity index (χ1v) is 15.6. The minimum Gasteiger partial charge on any atom is -0.456 e. The smallest absolute Gasteiger partial charge is 0.135 e. The van der Waals surface area contributed by atoms with Crippen LogP contribution >= 0.6 is 0 Å². The molecule has 0 bridgehead atoms. The van der Waals surface area contributed by atoms with Crippen molar-refractivity contribution in [1.82, 2.24) is 0 Å². The third-order valence-electron chi connectivity index (χ3n) is 10.1. The van der Waals surface area contributed by atoms with Crippen LogP contribution in [0.2, 0.25) is 0 Å². The molecule has 0 radical (unpaired) electrons. The van der Waals surface area contributed by atoms with Crippen molar-refractivity contribution in [3.8, 4) is 33.8 Å². The van der Waals surface area contributed by atoms with Gasteiger partial charge in [0, 0.05) is 16.2 Å². The molecular weight excluding hydrogens is 544 g/mol. The van der Waals surface area contributed by atoms with Crippen LogP contribution in [0.15, 0.2) is 146 Å². The van der Waals surface area contributed by atoms with Gasteiger partial charge in [0.05, 0.1) is 0 Å². The van der Waals surface area contributed by atoms with E-state index in [-0.39, 0.29) is 0 Å². The van der Waals surface area contributed by atoms with Gasteiger partial charge in [0.1, 0.15) is 11.5 Å². The minimum atomic E-state index is 0.933. The maximum atomic E-state index is 6.49. The Bertz CT molecular complexity index is 2880. The average molecular weight is 569 g/mol. The highest BCUT2D eigenvalue weighted by Gasteiger charge is 2.21. The third kappa shape index (κ3) is 3.12. The second-order valence-corrected chi connectivity index (χ2v) is 12.5. The van der Waals surface area contributed by atoms with Crippen molar-refractivity contribution in [1.29, 1.82) is 0 Å². The highest BCUT2D eigenvalue weighted by atomic mass is 16.5. The fraction of sp³-hybridized carbons (Fsp3) is 0. The van der Waals surface area contributed by atoms with Gasteiger partial charge in [0.25, 0.3) is 0 Å². The summed E-state index contributed by atoms with van der Waals surface area (Å²) in [6.45, 7) is 0. The molecular formula is C44H24O. The highest BCUT2D eigenvalue weighted by molar-refractivity contribution is 6.27. The van der Waals surface area contributed by atoms with Gasteiger partial charge in [-0.15, -0.1) is 0 Å². The van der Waals surface area contributed by atoms with Gasteiger partial charge in [0.2, 0.25) is 0 Å². The largest absolute Gasteiger partial charge is 0.456 e. The molecule has 0 aromatic heterocycles. The SMILES string of the molecule is c1cc2c3c(c1)ccc1ccc4c(-c5ccc6ccc(-c7ccc8ccc9cccc%10ccc7c8c9%10)cc6c5)ccc(c4c13)O2. The van der Waals surface area contributed by atoms with Crippen molar-refractivity contribution in [3.05, 3.63) is 146 Å². The van der Waals surface area contributed by atoms with Crippen LogP contribution in [0, 0.1) is 0 Å². The zero-order valence-corrected chi connectivity index (χ0v) is 24.3. The maximum Gasteiger partial charge on any atom is 0.135 e. The first kappa shape index (κ1) is 23.5. The van der Waals surface area contributed by atoms with Crippen molar-refractivity contribution in [2.75, 3.05) is 0 Å². The van der Waals surface area contributed by atoms with Crippen LogP contribution in [0.5, 0.6) is 11.5 Å². The predicted octanol–water partition coefficient (Wildman–Crippen LogP) is 12.6. The summed E-state index contributed by atoms with van der Waals surface area (Å²) in [7, 11) is 0. The first-order valence-electron chi connectivity index (χ1n) is 15.6. The average Bonchev–Trinajstić information content (AvgIpc) is 3.10. The summed E-state index contributed by atoms with van der Waals surface area (Å²) < 4.78 is 6.49. The third-order valence-corrected chi connectivity index (χ3v) is 10.1. The standard InChI is InChI=1S/C44H24O/c1-3-26-9-11-29-15-18-34(36-19-16-27(4-1)40(26)41(29)36)31-13-7-25-8-14-32(24-33(25)23-31)35-21-22-39-44-37(35)20-17-30-12-10-28-5-2-6-38(45-39)42(28)43(30)44/h1-24H. The van der Waals surface area contributed by atoms with Gasteiger partial charge in [-0.1, -0.05) is 121 Å². The molecule has 0 fully saturated rings. The molecule has 0 saturated heterocycles. The van der Waals surface area contributed by atoms with E-state index >= 15 is 0 Å². The van der Waals surface area contributed by atoms with E-state index in [0.717, 1.165) is 11.5 Å². The number of rotatable bonds is 2. The Morgan fingerprint density at radius 3 is 1.49 bits per heavy atom. The van der Waals surface area contributed by atoms with E-state index in [1.807, 2.05) is 0 Å². The molecule has 0 spiro atoms. The molecule has 206 valence electrons. The van der Waals surface area contributed by atoms with Crippen LogP contribution in [0.3, 0.4) is 0 Å². The van der Waals surface area contributed by atoms with E-state index in [1.165, 1.54) is 97.7 Å². The molecule has 1 aliphatic heterocycles. The van der Waals surface area contributed by atoms with Crippen LogP contribution in [0.25, 0.3) is 97.7 Å². The lowest BCUT2D eigenvalue weighted by Crippen LogP contribution is -1.96. The summed E-state index contributed by atoms with van der Waals surface area (Å²) in [6, 6.07) is 53.7. The molecule has 0 atom stereocenters. The Morgan fingerprint density at radius 2 is 0.778 bits per heavy atom. The van der Waals surface area contributed by atoms with Crippen LogP contribution in [0.1, 0.15) is 0 Å². The molecule has 0 amide bonds.